The van der Waals surface area contributed by atoms with E-state index in [4.69, 9.17) is 16.7 Å². The first kappa shape index (κ1) is 14.3. The summed E-state index contributed by atoms with van der Waals surface area (Å²) in [7, 11) is 1.42. The summed E-state index contributed by atoms with van der Waals surface area (Å²) >= 11 is 5.86. The third kappa shape index (κ3) is 4.25. The van der Waals surface area contributed by atoms with Gasteiger partial charge >= 0.3 is 12.0 Å². The van der Waals surface area contributed by atoms with E-state index in [9.17, 15) is 9.59 Å². The van der Waals surface area contributed by atoms with Crippen molar-refractivity contribution in [2.45, 2.75) is 13.0 Å². The summed E-state index contributed by atoms with van der Waals surface area (Å²) in [5.74, 6) is -1.05. The number of nitrogens with one attached hydrogen (secondary N) is 1. The zero-order chi connectivity index (χ0) is 13.7. The highest BCUT2D eigenvalue weighted by Crippen LogP contribution is 2.17. The molecule has 1 aromatic rings. The number of hydrogen-bond acceptors (Lipinski definition) is 2. The van der Waals surface area contributed by atoms with Crippen LogP contribution < -0.4 is 5.32 Å². The molecule has 1 unspecified atom stereocenters. The minimum atomic E-state index is -1.05. The van der Waals surface area contributed by atoms with E-state index in [0.717, 1.165) is 10.5 Å². The van der Waals surface area contributed by atoms with Crippen LogP contribution in [-0.4, -0.2) is 35.6 Å². The van der Waals surface area contributed by atoms with Gasteiger partial charge in [0, 0.05) is 12.1 Å². The van der Waals surface area contributed by atoms with E-state index in [1.165, 1.54) is 7.05 Å². The van der Waals surface area contributed by atoms with Gasteiger partial charge in [0.25, 0.3) is 0 Å². The number of amides is 2. The number of nitrogens with zero attached hydrogens (tertiary/aromatic N) is 1. The average Bonchev–Trinajstić information content (AvgIpc) is 2.27. The maximum absolute atomic E-state index is 11.7. The van der Waals surface area contributed by atoms with Crippen LogP contribution in [0.1, 0.15) is 18.5 Å². The number of carbonyl (C=O) groups excluding carboxylic acids is 1. The number of aliphatic carboxylic acids is 1. The second-order valence-corrected chi connectivity index (χ2v) is 4.41. The number of carbonyl (C=O) groups is 2. The molecule has 98 valence electrons. The highest BCUT2D eigenvalue weighted by Gasteiger charge is 2.15. The van der Waals surface area contributed by atoms with Crippen molar-refractivity contribution in [2.75, 3.05) is 13.6 Å². The monoisotopic (exact) mass is 270 g/mol. The van der Waals surface area contributed by atoms with Crippen molar-refractivity contribution < 1.29 is 14.7 Å². The first-order valence-corrected chi connectivity index (χ1v) is 5.77. The Labute approximate surface area is 110 Å². The summed E-state index contributed by atoms with van der Waals surface area (Å²) in [5.41, 5.74) is 0.861. The SMILES string of the molecule is CC(NC(=O)N(C)CC(=O)O)c1cccc(Cl)c1. The van der Waals surface area contributed by atoms with Gasteiger partial charge in [-0.15, -0.1) is 0 Å². The van der Waals surface area contributed by atoms with Crippen molar-refractivity contribution in [3.63, 3.8) is 0 Å². The number of benzene rings is 1. The van der Waals surface area contributed by atoms with Crippen LogP contribution >= 0.6 is 11.6 Å². The predicted octanol–water partition coefficient (Wildman–Crippen LogP) is 2.13. The molecule has 18 heavy (non-hydrogen) atoms. The lowest BCUT2D eigenvalue weighted by Gasteiger charge is -2.20. The highest BCUT2D eigenvalue weighted by atomic mass is 35.5. The molecule has 0 saturated carbocycles. The maximum atomic E-state index is 11.7. The Balaban J connectivity index is 2.62. The van der Waals surface area contributed by atoms with Crippen molar-refractivity contribution in [3.8, 4) is 0 Å². The van der Waals surface area contributed by atoms with E-state index < -0.39 is 12.0 Å². The molecule has 0 fully saturated rings. The van der Waals surface area contributed by atoms with Crippen LogP contribution in [0.2, 0.25) is 5.02 Å². The fourth-order valence-corrected chi connectivity index (χ4v) is 1.63. The van der Waals surface area contributed by atoms with Crippen LogP contribution in [0, 0.1) is 0 Å². The normalized spacial score (nSPS) is 11.7. The van der Waals surface area contributed by atoms with Gasteiger partial charge < -0.3 is 15.3 Å². The number of urea groups is 1. The van der Waals surface area contributed by atoms with Gasteiger partial charge in [-0.2, -0.15) is 0 Å². The first-order chi connectivity index (χ1) is 8.40. The van der Waals surface area contributed by atoms with E-state index >= 15 is 0 Å². The standard InChI is InChI=1S/C12H15ClN2O3/c1-8(9-4-3-5-10(13)6-9)14-12(18)15(2)7-11(16)17/h3-6,8H,7H2,1-2H3,(H,14,18)(H,16,17). The molecule has 2 N–H and O–H groups in total. The van der Waals surface area contributed by atoms with Crippen LogP contribution in [0.15, 0.2) is 24.3 Å². The summed E-state index contributed by atoms with van der Waals surface area (Å²) in [6, 6.07) is 6.45. The Hall–Kier alpha value is -1.75. The molecule has 1 aromatic carbocycles. The van der Waals surface area contributed by atoms with Crippen molar-refractivity contribution >= 4 is 23.6 Å². The van der Waals surface area contributed by atoms with Gasteiger partial charge in [0.15, 0.2) is 0 Å². The number of carboxylic acid groups (broad SMARTS) is 1. The largest absolute Gasteiger partial charge is 0.480 e. The first-order valence-electron chi connectivity index (χ1n) is 5.39. The summed E-state index contributed by atoms with van der Waals surface area (Å²) in [6.45, 7) is 1.46. The Kier molecular flexibility index (Phi) is 4.97. The van der Waals surface area contributed by atoms with Gasteiger partial charge in [-0.1, -0.05) is 23.7 Å². The number of carboxylic acids is 1. The van der Waals surface area contributed by atoms with Crippen molar-refractivity contribution in [3.05, 3.63) is 34.9 Å². The molecule has 0 aliphatic carbocycles. The van der Waals surface area contributed by atoms with Crippen molar-refractivity contribution in [1.82, 2.24) is 10.2 Å². The Morgan fingerprint density at radius 1 is 1.50 bits per heavy atom. The molecule has 1 atom stereocenters. The topological polar surface area (TPSA) is 69.6 Å². The van der Waals surface area contributed by atoms with E-state index in [2.05, 4.69) is 5.32 Å². The van der Waals surface area contributed by atoms with Crippen LogP contribution in [0.4, 0.5) is 4.79 Å². The molecule has 1 rings (SSSR count). The smallest absolute Gasteiger partial charge is 0.323 e. The minimum Gasteiger partial charge on any atom is -0.480 e. The lowest BCUT2D eigenvalue weighted by Crippen LogP contribution is -2.41. The van der Waals surface area contributed by atoms with Gasteiger partial charge in [-0.3, -0.25) is 4.79 Å². The fraction of sp³-hybridized carbons (Fsp3) is 0.333. The molecular formula is C12H15ClN2O3. The van der Waals surface area contributed by atoms with Crippen LogP contribution in [0.3, 0.4) is 0 Å². The molecule has 0 aliphatic heterocycles. The fourth-order valence-electron chi connectivity index (χ4n) is 1.43. The Morgan fingerprint density at radius 2 is 2.17 bits per heavy atom. The average molecular weight is 271 g/mol. The van der Waals surface area contributed by atoms with E-state index in [0.29, 0.717) is 5.02 Å². The number of rotatable bonds is 4. The van der Waals surface area contributed by atoms with Crippen molar-refractivity contribution in [2.24, 2.45) is 0 Å². The third-order valence-corrected chi connectivity index (χ3v) is 2.64. The quantitative estimate of drug-likeness (QED) is 0.880. The van der Waals surface area contributed by atoms with Gasteiger partial charge in [0.1, 0.15) is 6.54 Å². The van der Waals surface area contributed by atoms with Gasteiger partial charge in [0.2, 0.25) is 0 Å². The summed E-state index contributed by atoms with van der Waals surface area (Å²) in [5, 5.41) is 11.9. The lowest BCUT2D eigenvalue weighted by molar-refractivity contribution is -0.137. The molecule has 0 spiro atoms. The second-order valence-electron chi connectivity index (χ2n) is 3.98. The molecule has 0 aliphatic rings. The number of halogens is 1. The summed E-state index contributed by atoms with van der Waals surface area (Å²) < 4.78 is 0. The third-order valence-electron chi connectivity index (χ3n) is 2.41. The second kappa shape index (κ2) is 6.26. The molecule has 0 bridgehead atoms. The van der Waals surface area contributed by atoms with Crippen molar-refractivity contribution in [1.29, 1.82) is 0 Å². The zero-order valence-electron chi connectivity index (χ0n) is 10.2. The maximum Gasteiger partial charge on any atom is 0.323 e. The lowest BCUT2D eigenvalue weighted by atomic mass is 10.1. The van der Waals surface area contributed by atoms with Gasteiger partial charge in [-0.05, 0) is 24.6 Å². The van der Waals surface area contributed by atoms with E-state index in [-0.39, 0.29) is 12.6 Å². The predicted molar refractivity (Wildman–Crippen MR) is 68.7 cm³/mol. The zero-order valence-corrected chi connectivity index (χ0v) is 10.9. The Morgan fingerprint density at radius 3 is 2.72 bits per heavy atom. The van der Waals surface area contributed by atoms with Crippen LogP contribution in [0.25, 0.3) is 0 Å². The molecular weight excluding hydrogens is 256 g/mol. The molecule has 2 amide bonds. The molecule has 6 heteroatoms. The number of likely N-dealkylation sites (N-methyl/N-ethyl adjacent to an activating group) is 1. The molecule has 0 saturated heterocycles. The summed E-state index contributed by atoms with van der Waals surface area (Å²) in [6.07, 6.45) is 0. The highest BCUT2D eigenvalue weighted by molar-refractivity contribution is 6.30. The minimum absolute atomic E-state index is 0.243. The molecule has 0 heterocycles. The molecule has 0 radical (unpaired) electrons. The van der Waals surface area contributed by atoms with E-state index in [1.54, 1.807) is 25.1 Å². The molecule has 5 nitrogen and oxygen atoms in total. The van der Waals surface area contributed by atoms with Gasteiger partial charge in [0.05, 0.1) is 6.04 Å². The van der Waals surface area contributed by atoms with Crippen LogP contribution in [0.5, 0.6) is 0 Å². The summed E-state index contributed by atoms with van der Waals surface area (Å²) in [4.78, 5) is 23.2. The van der Waals surface area contributed by atoms with Gasteiger partial charge in [-0.25, -0.2) is 4.79 Å². The van der Waals surface area contributed by atoms with E-state index in [1.807, 2.05) is 6.07 Å². The molecule has 0 aromatic heterocycles. The Bertz CT molecular complexity index is 451. The van der Waals surface area contributed by atoms with Crippen LogP contribution in [-0.2, 0) is 4.79 Å². The number of hydrogen-bond donors (Lipinski definition) is 2.